The number of pyridine rings is 1. The van der Waals surface area contributed by atoms with E-state index in [1.165, 1.54) is 0 Å². The van der Waals surface area contributed by atoms with Crippen LogP contribution in [0.15, 0.2) is 30.5 Å². The number of ether oxygens (including phenoxy) is 1. The molecule has 0 aliphatic rings. The summed E-state index contributed by atoms with van der Waals surface area (Å²) in [6, 6.07) is 7.99. The third-order valence-corrected chi connectivity index (χ3v) is 3.22. The quantitative estimate of drug-likeness (QED) is 0.866. The van der Waals surface area contributed by atoms with Gasteiger partial charge < -0.3 is 14.7 Å². The Balaban J connectivity index is 2.41. The summed E-state index contributed by atoms with van der Waals surface area (Å²) in [7, 11) is 1.67. The van der Waals surface area contributed by atoms with Crippen LogP contribution in [0.5, 0.6) is 5.75 Å². The monoisotopic (exact) mass is 260 g/mol. The molecule has 0 spiro atoms. The molecule has 4 nitrogen and oxygen atoms in total. The minimum absolute atomic E-state index is 0.203. The van der Waals surface area contributed by atoms with Gasteiger partial charge in [-0.15, -0.1) is 0 Å². The molecule has 2 aromatic rings. The molecule has 0 radical (unpaired) electrons. The zero-order valence-electron chi connectivity index (χ0n) is 11.5. The van der Waals surface area contributed by atoms with Crippen LogP contribution in [0, 0.1) is 0 Å². The summed E-state index contributed by atoms with van der Waals surface area (Å²) in [4.78, 5) is 6.68. The lowest BCUT2D eigenvalue weighted by atomic mass is 10.1. The number of hydrogen-bond donors (Lipinski definition) is 1. The van der Waals surface area contributed by atoms with Crippen LogP contribution < -0.4 is 9.64 Å². The van der Waals surface area contributed by atoms with Crippen molar-refractivity contribution in [2.75, 3.05) is 31.7 Å². The summed E-state index contributed by atoms with van der Waals surface area (Å²) in [5.41, 5.74) is 0. The number of rotatable bonds is 6. The number of nitrogens with zero attached hydrogens (tertiary/aromatic N) is 2. The highest BCUT2D eigenvalue weighted by molar-refractivity contribution is 5.93. The molecular weight excluding hydrogens is 240 g/mol. The number of benzene rings is 1. The van der Waals surface area contributed by atoms with Crippen LogP contribution in [-0.2, 0) is 0 Å². The Bertz CT molecular complexity index is 543. The highest BCUT2D eigenvalue weighted by Gasteiger charge is 2.10. The number of methoxy groups -OCH3 is 1. The molecule has 4 heteroatoms. The summed E-state index contributed by atoms with van der Waals surface area (Å²) in [6.07, 6.45) is 2.57. The van der Waals surface area contributed by atoms with Crippen LogP contribution in [-0.4, -0.2) is 36.9 Å². The molecule has 1 heterocycles. The predicted octanol–water partition coefficient (Wildman–Crippen LogP) is 2.45. The van der Waals surface area contributed by atoms with Gasteiger partial charge in [0.25, 0.3) is 0 Å². The number of aliphatic hydroxyl groups excluding tert-OH is 1. The second-order valence-electron chi connectivity index (χ2n) is 4.38. The van der Waals surface area contributed by atoms with Crippen molar-refractivity contribution in [3.63, 3.8) is 0 Å². The van der Waals surface area contributed by atoms with Crippen LogP contribution in [0.1, 0.15) is 13.3 Å². The van der Waals surface area contributed by atoms with Gasteiger partial charge in [-0.3, -0.25) is 0 Å². The predicted molar refractivity (Wildman–Crippen MR) is 77.9 cm³/mol. The first-order valence-electron chi connectivity index (χ1n) is 6.58. The maximum absolute atomic E-state index is 8.98. The van der Waals surface area contributed by atoms with Gasteiger partial charge in [0, 0.05) is 31.3 Å². The average Bonchev–Trinajstić information content (AvgIpc) is 2.47. The fourth-order valence-corrected chi connectivity index (χ4v) is 2.19. The van der Waals surface area contributed by atoms with E-state index in [0.29, 0.717) is 0 Å². The van der Waals surface area contributed by atoms with Crippen molar-refractivity contribution < 1.29 is 9.84 Å². The largest absolute Gasteiger partial charge is 0.497 e. The van der Waals surface area contributed by atoms with Crippen molar-refractivity contribution in [3.8, 4) is 5.75 Å². The third-order valence-electron chi connectivity index (χ3n) is 3.22. The molecule has 1 aromatic carbocycles. The van der Waals surface area contributed by atoms with E-state index in [9.17, 15) is 0 Å². The summed E-state index contributed by atoms with van der Waals surface area (Å²) < 4.78 is 5.25. The minimum atomic E-state index is 0.203. The second-order valence-corrected chi connectivity index (χ2v) is 4.38. The van der Waals surface area contributed by atoms with Crippen molar-refractivity contribution in [2.24, 2.45) is 0 Å². The SMILES string of the molecule is CCN(CCCO)c1nccc2cc(OC)ccc12. The first kappa shape index (κ1) is 13.6. The van der Waals surface area contributed by atoms with E-state index in [2.05, 4.69) is 16.8 Å². The van der Waals surface area contributed by atoms with Gasteiger partial charge in [-0.05, 0) is 43.0 Å². The number of aromatic nitrogens is 1. The van der Waals surface area contributed by atoms with E-state index in [0.717, 1.165) is 41.9 Å². The summed E-state index contributed by atoms with van der Waals surface area (Å²) in [6.45, 7) is 3.99. The van der Waals surface area contributed by atoms with Crippen LogP contribution >= 0.6 is 0 Å². The molecule has 0 fully saturated rings. The summed E-state index contributed by atoms with van der Waals surface area (Å²) >= 11 is 0. The van der Waals surface area contributed by atoms with E-state index in [1.807, 2.05) is 30.5 Å². The van der Waals surface area contributed by atoms with Crippen molar-refractivity contribution >= 4 is 16.6 Å². The molecule has 102 valence electrons. The topological polar surface area (TPSA) is 45.6 Å². The molecule has 0 bridgehead atoms. The Morgan fingerprint density at radius 3 is 2.84 bits per heavy atom. The van der Waals surface area contributed by atoms with Crippen LogP contribution in [0.3, 0.4) is 0 Å². The molecule has 1 aromatic heterocycles. The molecule has 0 unspecified atom stereocenters. The molecular formula is C15H20N2O2. The van der Waals surface area contributed by atoms with E-state index < -0.39 is 0 Å². The molecule has 0 aliphatic carbocycles. The van der Waals surface area contributed by atoms with Crippen molar-refractivity contribution in [3.05, 3.63) is 30.5 Å². The Kier molecular flexibility index (Phi) is 4.58. The van der Waals surface area contributed by atoms with Crippen LogP contribution in [0.25, 0.3) is 10.8 Å². The zero-order chi connectivity index (χ0) is 13.7. The Hall–Kier alpha value is -1.81. The fourth-order valence-electron chi connectivity index (χ4n) is 2.19. The molecule has 2 rings (SSSR count). The van der Waals surface area contributed by atoms with Gasteiger partial charge in [0.1, 0.15) is 11.6 Å². The number of fused-ring (bicyclic) bond motifs is 1. The first-order chi connectivity index (χ1) is 9.30. The normalized spacial score (nSPS) is 10.7. The van der Waals surface area contributed by atoms with Crippen molar-refractivity contribution in [1.82, 2.24) is 4.98 Å². The van der Waals surface area contributed by atoms with Crippen molar-refractivity contribution in [1.29, 1.82) is 0 Å². The van der Waals surface area contributed by atoms with E-state index >= 15 is 0 Å². The highest BCUT2D eigenvalue weighted by atomic mass is 16.5. The van der Waals surface area contributed by atoms with Crippen LogP contribution in [0.4, 0.5) is 5.82 Å². The molecule has 19 heavy (non-hydrogen) atoms. The lowest BCUT2D eigenvalue weighted by Crippen LogP contribution is -2.25. The average molecular weight is 260 g/mol. The van der Waals surface area contributed by atoms with E-state index in [4.69, 9.17) is 9.84 Å². The highest BCUT2D eigenvalue weighted by Crippen LogP contribution is 2.27. The number of hydrogen-bond acceptors (Lipinski definition) is 4. The second kappa shape index (κ2) is 6.38. The van der Waals surface area contributed by atoms with E-state index in [1.54, 1.807) is 7.11 Å². The van der Waals surface area contributed by atoms with Gasteiger partial charge in [-0.2, -0.15) is 0 Å². The Morgan fingerprint density at radius 2 is 2.16 bits per heavy atom. The number of aliphatic hydroxyl groups is 1. The van der Waals surface area contributed by atoms with Gasteiger partial charge in [0.05, 0.1) is 7.11 Å². The minimum Gasteiger partial charge on any atom is -0.497 e. The smallest absolute Gasteiger partial charge is 0.136 e. The first-order valence-corrected chi connectivity index (χ1v) is 6.58. The van der Waals surface area contributed by atoms with Gasteiger partial charge in [0.15, 0.2) is 0 Å². The van der Waals surface area contributed by atoms with Gasteiger partial charge in [0.2, 0.25) is 0 Å². The summed E-state index contributed by atoms with van der Waals surface area (Å²) in [5.74, 6) is 1.82. The van der Waals surface area contributed by atoms with E-state index in [-0.39, 0.29) is 6.61 Å². The molecule has 0 saturated heterocycles. The Morgan fingerprint density at radius 1 is 1.32 bits per heavy atom. The molecule has 0 aliphatic heterocycles. The Labute approximate surface area is 113 Å². The lowest BCUT2D eigenvalue weighted by Gasteiger charge is -2.23. The standard InChI is InChI=1S/C15H20N2O2/c1-3-17(9-4-10-18)15-14-6-5-13(19-2)11-12(14)7-8-16-15/h5-8,11,18H,3-4,9-10H2,1-2H3. The van der Waals surface area contributed by atoms with Gasteiger partial charge in [-0.25, -0.2) is 4.98 Å². The maximum Gasteiger partial charge on any atom is 0.136 e. The molecule has 0 atom stereocenters. The fraction of sp³-hybridized carbons (Fsp3) is 0.400. The van der Waals surface area contributed by atoms with Crippen LogP contribution in [0.2, 0.25) is 0 Å². The maximum atomic E-state index is 8.98. The van der Waals surface area contributed by atoms with Crippen molar-refractivity contribution in [2.45, 2.75) is 13.3 Å². The zero-order valence-corrected chi connectivity index (χ0v) is 11.5. The third kappa shape index (κ3) is 2.96. The van der Waals surface area contributed by atoms with Gasteiger partial charge in [-0.1, -0.05) is 0 Å². The molecule has 0 saturated carbocycles. The number of anilines is 1. The molecule has 0 amide bonds. The lowest BCUT2D eigenvalue weighted by molar-refractivity contribution is 0.289. The summed E-state index contributed by atoms with van der Waals surface area (Å²) in [5, 5.41) is 11.2. The molecule has 1 N–H and O–H groups in total. The van der Waals surface area contributed by atoms with Gasteiger partial charge >= 0.3 is 0 Å².